The van der Waals surface area contributed by atoms with Crippen LogP contribution in [0, 0.1) is 5.92 Å². The van der Waals surface area contributed by atoms with E-state index in [-0.39, 0.29) is 18.2 Å². The minimum absolute atomic E-state index is 0.139. The van der Waals surface area contributed by atoms with Crippen molar-refractivity contribution in [1.29, 1.82) is 0 Å². The number of aliphatic hydroxyl groups is 1. The second-order valence-corrected chi connectivity index (χ2v) is 3.08. The van der Waals surface area contributed by atoms with Crippen LogP contribution in [0.15, 0.2) is 0 Å². The molecule has 0 unspecified atom stereocenters. The molecule has 4 nitrogen and oxygen atoms in total. The molecule has 1 aliphatic rings. The van der Waals surface area contributed by atoms with E-state index in [4.69, 9.17) is 0 Å². The molecule has 2 amide bonds. The van der Waals surface area contributed by atoms with Crippen molar-refractivity contribution in [2.24, 2.45) is 5.92 Å². The highest BCUT2D eigenvalue weighted by Crippen LogP contribution is 2.18. The third kappa shape index (κ3) is 1.82. The lowest BCUT2D eigenvalue weighted by Gasteiger charge is -2.12. The summed E-state index contributed by atoms with van der Waals surface area (Å²) < 4.78 is 0. The highest BCUT2D eigenvalue weighted by atomic mass is 16.3. The first kappa shape index (κ1) is 9.19. The molecule has 1 heterocycles. The molecule has 2 atom stereocenters. The largest absolute Gasteiger partial charge is 0.392 e. The number of carbonyl (C=O) groups excluding carboxylic acids is 2. The van der Waals surface area contributed by atoms with Gasteiger partial charge in [-0.1, -0.05) is 13.3 Å². The monoisotopic (exact) mass is 171 g/mol. The van der Waals surface area contributed by atoms with Crippen molar-refractivity contribution in [3.63, 3.8) is 0 Å². The van der Waals surface area contributed by atoms with E-state index in [1.165, 1.54) is 0 Å². The maximum Gasteiger partial charge on any atom is 0.232 e. The fraction of sp³-hybridized carbons (Fsp3) is 0.750. The van der Waals surface area contributed by atoms with E-state index in [0.717, 1.165) is 6.42 Å². The summed E-state index contributed by atoms with van der Waals surface area (Å²) in [5.41, 5.74) is 0. The van der Waals surface area contributed by atoms with Crippen LogP contribution in [0.1, 0.15) is 26.2 Å². The van der Waals surface area contributed by atoms with Gasteiger partial charge in [-0.25, -0.2) is 0 Å². The number of carbonyl (C=O) groups is 2. The highest BCUT2D eigenvalue weighted by Gasteiger charge is 2.35. The van der Waals surface area contributed by atoms with Gasteiger partial charge in [-0.15, -0.1) is 0 Å². The molecule has 1 aliphatic heterocycles. The topological polar surface area (TPSA) is 66.4 Å². The summed E-state index contributed by atoms with van der Waals surface area (Å²) >= 11 is 0. The van der Waals surface area contributed by atoms with E-state index in [9.17, 15) is 14.7 Å². The van der Waals surface area contributed by atoms with E-state index in [1.807, 2.05) is 6.92 Å². The van der Waals surface area contributed by atoms with Gasteiger partial charge >= 0.3 is 0 Å². The summed E-state index contributed by atoms with van der Waals surface area (Å²) in [4.78, 5) is 21.7. The first-order valence-electron chi connectivity index (χ1n) is 4.17. The molecule has 2 N–H and O–H groups in total. The summed E-state index contributed by atoms with van der Waals surface area (Å²) in [5, 5.41) is 11.6. The lowest BCUT2D eigenvalue weighted by molar-refractivity contribution is -0.127. The Labute approximate surface area is 71.0 Å². The Kier molecular flexibility index (Phi) is 2.81. The van der Waals surface area contributed by atoms with Gasteiger partial charge in [-0.2, -0.15) is 0 Å². The molecule has 0 spiro atoms. The SMILES string of the molecule is CCC[C@H](O)[C@H]1CC(=O)NC1=O. The van der Waals surface area contributed by atoms with Crippen molar-refractivity contribution in [3.8, 4) is 0 Å². The van der Waals surface area contributed by atoms with Crippen molar-refractivity contribution in [1.82, 2.24) is 5.32 Å². The molecule has 0 aromatic rings. The van der Waals surface area contributed by atoms with Gasteiger partial charge in [-0.05, 0) is 6.42 Å². The molecule has 1 fully saturated rings. The summed E-state index contributed by atoms with van der Waals surface area (Å²) in [5.74, 6) is -1.13. The lowest BCUT2D eigenvalue weighted by atomic mass is 9.97. The van der Waals surface area contributed by atoms with Gasteiger partial charge in [0, 0.05) is 6.42 Å². The smallest absolute Gasteiger partial charge is 0.232 e. The van der Waals surface area contributed by atoms with Crippen LogP contribution in [0.4, 0.5) is 0 Å². The Morgan fingerprint density at radius 2 is 2.33 bits per heavy atom. The van der Waals surface area contributed by atoms with Crippen LogP contribution in [-0.4, -0.2) is 23.0 Å². The summed E-state index contributed by atoms with van der Waals surface area (Å²) in [6.07, 6.45) is 0.867. The van der Waals surface area contributed by atoms with Crippen LogP contribution in [-0.2, 0) is 9.59 Å². The fourth-order valence-corrected chi connectivity index (χ4v) is 1.38. The van der Waals surface area contributed by atoms with E-state index < -0.39 is 12.0 Å². The van der Waals surface area contributed by atoms with Crippen LogP contribution in [0.2, 0.25) is 0 Å². The quantitative estimate of drug-likeness (QED) is 0.578. The summed E-state index contributed by atoms with van der Waals surface area (Å²) in [6, 6.07) is 0. The third-order valence-electron chi connectivity index (χ3n) is 2.05. The molecular formula is C8H13NO3. The molecule has 0 aromatic carbocycles. The number of hydrogen-bond donors (Lipinski definition) is 2. The molecule has 4 heteroatoms. The number of aliphatic hydroxyl groups excluding tert-OH is 1. The summed E-state index contributed by atoms with van der Waals surface area (Å²) in [7, 11) is 0. The minimum atomic E-state index is -0.665. The van der Waals surface area contributed by atoms with Gasteiger partial charge in [0.1, 0.15) is 0 Å². The summed E-state index contributed by atoms with van der Waals surface area (Å²) in [6.45, 7) is 1.93. The predicted molar refractivity (Wildman–Crippen MR) is 42.2 cm³/mol. The van der Waals surface area contributed by atoms with Gasteiger partial charge in [0.25, 0.3) is 0 Å². The lowest BCUT2D eigenvalue weighted by Crippen LogP contribution is -2.28. The van der Waals surface area contributed by atoms with Crippen molar-refractivity contribution in [2.75, 3.05) is 0 Å². The Hall–Kier alpha value is -0.900. The average molecular weight is 171 g/mol. The van der Waals surface area contributed by atoms with Gasteiger partial charge < -0.3 is 5.11 Å². The van der Waals surface area contributed by atoms with Crippen LogP contribution >= 0.6 is 0 Å². The van der Waals surface area contributed by atoms with E-state index in [1.54, 1.807) is 0 Å². The predicted octanol–water partition coefficient (Wildman–Crippen LogP) is -0.190. The normalized spacial score (nSPS) is 25.7. The van der Waals surface area contributed by atoms with Crippen molar-refractivity contribution in [2.45, 2.75) is 32.3 Å². The molecular weight excluding hydrogens is 158 g/mol. The second kappa shape index (κ2) is 3.67. The molecule has 0 aliphatic carbocycles. The van der Waals surface area contributed by atoms with E-state index >= 15 is 0 Å². The number of hydrogen-bond acceptors (Lipinski definition) is 3. The van der Waals surface area contributed by atoms with Crippen LogP contribution < -0.4 is 5.32 Å². The standard InChI is InChI=1S/C8H13NO3/c1-2-3-6(10)5-4-7(11)9-8(5)12/h5-6,10H,2-4H2,1H3,(H,9,11,12)/t5-,6+/m1/s1. The van der Waals surface area contributed by atoms with Gasteiger partial charge in [0.2, 0.25) is 11.8 Å². The average Bonchev–Trinajstić information content (AvgIpc) is 2.30. The van der Waals surface area contributed by atoms with Crippen molar-refractivity contribution < 1.29 is 14.7 Å². The maximum atomic E-state index is 11.0. The van der Waals surface area contributed by atoms with Crippen molar-refractivity contribution in [3.05, 3.63) is 0 Å². The van der Waals surface area contributed by atoms with Gasteiger partial charge in [-0.3, -0.25) is 14.9 Å². The Bertz CT molecular complexity index is 202. The van der Waals surface area contributed by atoms with Gasteiger partial charge in [0.15, 0.2) is 0 Å². The maximum absolute atomic E-state index is 11.0. The van der Waals surface area contributed by atoms with Crippen LogP contribution in [0.3, 0.4) is 0 Å². The van der Waals surface area contributed by atoms with Crippen LogP contribution in [0.5, 0.6) is 0 Å². The number of imide groups is 1. The molecule has 1 saturated heterocycles. The second-order valence-electron chi connectivity index (χ2n) is 3.08. The van der Waals surface area contributed by atoms with Crippen molar-refractivity contribution >= 4 is 11.8 Å². The Balaban J connectivity index is 2.51. The number of nitrogens with one attached hydrogen (secondary N) is 1. The Morgan fingerprint density at radius 1 is 1.67 bits per heavy atom. The zero-order valence-electron chi connectivity index (χ0n) is 7.04. The number of rotatable bonds is 3. The van der Waals surface area contributed by atoms with E-state index in [0.29, 0.717) is 6.42 Å². The van der Waals surface area contributed by atoms with Gasteiger partial charge in [0.05, 0.1) is 12.0 Å². The number of amides is 2. The van der Waals surface area contributed by atoms with E-state index in [2.05, 4.69) is 5.32 Å². The zero-order valence-corrected chi connectivity index (χ0v) is 7.04. The first-order chi connectivity index (χ1) is 5.65. The molecule has 0 aromatic heterocycles. The minimum Gasteiger partial charge on any atom is -0.392 e. The molecule has 0 bridgehead atoms. The zero-order chi connectivity index (χ0) is 9.14. The molecule has 68 valence electrons. The fourth-order valence-electron chi connectivity index (χ4n) is 1.38. The molecule has 12 heavy (non-hydrogen) atoms. The molecule has 1 rings (SSSR count). The molecule has 0 radical (unpaired) electrons. The third-order valence-corrected chi connectivity index (χ3v) is 2.05. The first-order valence-corrected chi connectivity index (χ1v) is 4.17. The Morgan fingerprint density at radius 3 is 2.75 bits per heavy atom. The molecule has 0 saturated carbocycles. The van der Waals surface area contributed by atoms with Crippen LogP contribution in [0.25, 0.3) is 0 Å². The highest BCUT2D eigenvalue weighted by molar-refractivity contribution is 6.03.